The summed E-state index contributed by atoms with van der Waals surface area (Å²) in [4.78, 5) is 19.7. The van der Waals surface area contributed by atoms with Gasteiger partial charge in [0, 0.05) is 11.8 Å². The number of hydrogen-bond donors (Lipinski definition) is 2. The number of hydrogen-bond acceptors (Lipinski definition) is 6. The fraction of sp³-hybridized carbons (Fsp3) is 0. The largest absolute Gasteiger partial charge is 0.366 e. The van der Waals surface area contributed by atoms with Gasteiger partial charge in [-0.25, -0.2) is 9.97 Å². The number of carbonyl (C=O) groups excluding carboxylic acids is 1. The van der Waals surface area contributed by atoms with Crippen LogP contribution in [0.1, 0.15) is 15.9 Å². The number of nitrogens with one attached hydrogen (secondary N) is 1. The zero-order valence-electron chi connectivity index (χ0n) is 10.7. The Kier molecular flexibility index (Phi) is 3.22. The molecule has 6 nitrogen and oxygen atoms in total. The quantitative estimate of drug-likeness (QED) is 0.772. The van der Waals surface area contributed by atoms with Gasteiger partial charge in [0.25, 0.3) is 0 Å². The average Bonchev–Trinajstić information content (AvgIpc) is 2.88. The van der Waals surface area contributed by atoms with Gasteiger partial charge in [-0.05, 0) is 30.3 Å². The minimum absolute atomic E-state index is 0.375. The summed E-state index contributed by atoms with van der Waals surface area (Å²) in [7, 11) is 0. The summed E-state index contributed by atoms with van der Waals surface area (Å²) in [6.45, 7) is 0. The molecule has 0 aliphatic carbocycles. The Morgan fingerprint density at radius 3 is 2.95 bits per heavy atom. The number of amides is 1. The van der Waals surface area contributed by atoms with Gasteiger partial charge in [0.05, 0.1) is 21.8 Å². The van der Waals surface area contributed by atoms with E-state index in [1.165, 1.54) is 17.5 Å². The molecule has 0 saturated heterocycles. The number of nitrogens with zero attached hydrogens (tertiary/aromatic N) is 3. The van der Waals surface area contributed by atoms with E-state index in [0.717, 1.165) is 10.2 Å². The van der Waals surface area contributed by atoms with Gasteiger partial charge in [-0.2, -0.15) is 5.26 Å². The number of aromatic nitrogens is 2. The number of rotatable bonds is 3. The van der Waals surface area contributed by atoms with Crippen LogP contribution in [0.15, 0.2) is 36.5 Å². The van der Waals surface area contributed by atoms with E-state index < -0.39 is 5.91 Å². The van der Waals surface area contributed by atoms with Crippen LogP contribution in [0, 0.1) is 11.3 Å². The van der Waals surface area contributed by atoms with Crippen LogP contribution >= 0.6 is 11.3 Å². The van der Waals surface area contributed by atoms with Crippen LogP contribution < -0.4 is 11.1 Å². The van der Waals surface area contributed by atoms with Crippen molar-refractivity contribution in [1.82, 2.24) is 9.97 Å². The monoisotopic (exact) mass is 295 g/mol. The number of benzene rings is 1. The molecule has 0 bridgehead atoms. The third-order valence-electron chi connectivity index (χ3n) is 2.80. The van der Waals surface area contributed by atoms with Crippen molar-refractivity contribution in [2.24, 2.45) is 5.73 Å². The zero-order valence-corrected chi connectivity index (χ0v) is 11.5. The topological polar surface area (TPSA) is 105 Å². The summed E-state index contributed by atoms with van der Waals surface area (Å²) in [6, 6.07) is 10.5. The van der Waals surface area contributed by atoms with Crippen molar-refractivity contribution >= 4 is 38.4 Å². The van der Waals surface area contributed by atoms with E-state index in [1.54, 1.807) is 30.3 Å². The van der Waals surface area contributed by atoms with Gasteiger partial charge in [0.2, 0.25) is 5.91 Å². The number of nitriles is 1. The predicted molar refractivity (Wildman–Crippen MR) is 80.4 cm³/mol. The Morgan fingerprint density at radius 1 is 1.33 bits per heavy atom. The van der Waals surface area contributed by atoms with Crippen LogP contribution in [0.3, 0.4) is 0 Å². The van der Waals surface area contributed by atoms with Crippen LogP contribution in [0.4, 0.5) is 10.9 Å². The Balaban J connectivity index is 1.93. The SMILES string of the molecule is N#Cc1ccc2nc(Nc3cc(C(N)=O)ccn3)sc2c1. The van der Waals surface area contributed by atoms with E-state index in [0.29, 0.717) is 22.1 Å². The standard InChI is InChI=1S/C14H9N5OS/c15-7-8-1-2-10-11(5-8)21-14(18-10)19-12-6-9(13(16)20)3-4-17-12/h1-6H,(H2,16,20)(H,17,18,19). The molecule has 102 valence electrons. The van der Waals surface area contributed by atoms with E-state index >= 15 is 0 Å². The maximum atomic E-state index is 11.1. The molecule has 2 aromatic heterocycles. The lowest BCUT2D eigenvalue weighted by atomic mass is 10.2. The van der Waals surface area contributed by atoms with Gasteiger partial charge in [-0.3, -0.25) is 4.79 Å². The number of primary amides is 1. The van der Waals surface area contributed by atoms with E-state index in [2.05, 4.69) is 21.4 Å². The minimum atomic E-state index is -0.511. The van der Waals surface area contributed by atoms with Crippen LogP contribution in [0.2, 0.25) is 0 Å². The average molecular weight is 295 g/mol. The number of nitrogens with two attached hydrogens (primary N) is 1. The predicted octanol–water partition coefficient (Wildman–Crippen LogP) is 2.41. The molecule has 7 heteroatoms. The molecule has 0 aliphatic rings. The van der Waals surface area contributed by atoms with Crippen molar-refractivity contribution in [2.75, 3.05) is 5.32 Å². The molecule has 1 aromatic carbocycles. The Labute approximate surface area is 123 Å². The fourth-order valence-electron chi connectivity index (χ4n) is 1.81. The van der Waals surface area contributed by atoms with Gasteiger partial charge in [0.1, 0.15) is 5.82 Å². The molecule has 0 spiro atoms. The van der Waals surface area contributed by atoms with Crippen molar-refractivity contribution in [3.8, 4) is 6.07 Å². The molecular weight excluding hydrogens is 286 g/mol. The number of anilines is 2. The first-order valence-corrected chi connectivity index (χ1v) is 6.81. The van der Waals surface area contributed by atoms with Crippen LogP contribution in [-0.4, -0.2) is 15.9 Å². The van der Waals surface area contributed by atoms with E-state index in [1.807, 2.05) is 0 Å². The molecule has 21 heavy (non-hydrogen) atoms. The lowest BCUT2D eigenvalue weighted by molar-refractivity contribution is 0.1000. The van der Waals surface area contributed by atoms with Gasteiger partial charge >= 0.3 is 0 Å². The molecular formula is C14H9N5OS. The number of thiazole rings is 1. The second-order valence-corrected chi connectivity index (χ2v) is 5.26. The summed E-state index contributed by atoms with van der Waals surface area (Å²) >= 11 is 1.41. The molecule has 0 fully saturated rings. The summed E-state index contributed by atoms with van der Waals surface area (Å²) in [6.07, 6.45) is 1.50. The Morgan fingerprint density at radius 2 is 2.19 bits per heavy atom. The van der Waals surface area contributed by atoms with Crippen molar-refractivity contribution in [3.05, 3.63) is 47.7 Å². The first kappa shape index (κ1) is 13.0. The number of fused-ring (bicyclic) bond motifs is 1. The van der Waals surface area contributed by atoms with Gasteiger partial charge in [-0.15, -0.1) is 0 Å². The van der Waals surface area contributed by atoms with Crippen molar-refractivity contribution < 1.29 is 4.79 Å². The summed E-state index contributed by atoms with van der Waals surface area (Å²) in [5.74, 6) is -0.0192. The molecule has 0 unspecified atom stereocenters. The van der Waals surface area contributed by atoms with Crippen LogP contribution in [-0.2, 0) is 0 Å². The van der Waals surface area contributed by atoms with Crippen molar-refractivity contribution in [2.45, 2.75) is 0 Å². The first-order chi connectivity index (χ1) is 10.2. The molecule has 3 N–H and O–H groups in total. The zero-order chi connectivity index (χ0) is 14.8. The highest BCUT2D eigenvalue weighted by Crippen LogP contribution is 2.28. The third-order valence-corrected chi connectivity index (χ3v) is 3.73. The van der Waals surface area contributed by atoms with E-state index in [4.69, 9.17) is 11.0 Å². The van der Waals surface area contributed by atoms with Crippen molar-refractivity contribution in [3.63, 3.8) is 0 Å². The Bertz CT molecular complexity index is 880. The summed E-state index contributed by atoms with van der Waals surface area (Å²) in [5.41, 5.74) is 6.99. The third kappa shape index (κ3) is 2.66. The van der Waals surface area contributed by atoms with Crippen LogP contribution in [0.25, 0.3) is 10.2 Å². The maximum Gasteiger partial charge on any atom is 0.248 e. The molecule has 2 heterocycles. The van der Waals surface area contributed by atoms with Gasteiger partial charge < -0.3 is 11.1 Å². The highest BCUT2D eigenvalue weighted by molar-refractivity contribution is 7.22. The molecule has 1 amide bonds. The lowest BCUT2D eigenvalue weighted by Gasteiger charge is -2.02. The first-order valence-electron chi connectivity index (χ1n) is 5.99. The lowest BCUT2D eigenvalue weighted by Crippen LogP contribution is -2.11. The second kappa shape index (κ2) is 5.19. The summed E-state index contributed by atoms with van der Waals surface area (Å²) in [5, 5.41) is 12.6. The minimum Gasteiger partial charge on any atom is -0.366 e. The second-order valence-electron chi connectivity index (χ2n) is 4.23. The van der Waals surface area contributed by atoms with Gasteiger partial charge in [0.15, 0.2) is 5.13 Å². The highest BCUT2D eigenvalue weighted by Gasteiger charge is 2.07. The molecule has 0 saturated carbocycles. The normalized spacial score (nSPS) is 10.2. The molecule has 3 aromatic rings. The van der Waals surface area contributed by atoms with Crippen molar-refractivity contribution in [1.29, 1.82) is 5.26 Å². The Hall–Kier alpha value is -2.98. The molecule has 0 aliphatic heterocycles. The van der Waals surface area contributed by atoms with Gasteiger partial charge in [-0.1, -0.05) is 11.3 Å². The maximum absolute atomic E-state index is 11.1. The van der Waals surface area contributed by atoms with Crippen LogP contribution in [0.5, 0.6) is 0 Å². The highest BCUT2D eigenvalue weighted by atomic mass is 32.1. The summed E-state index contributed by atoms with van der Waals surface area (Å²) < 4.78 is 0.905. The molecule has 0 atom stereocenters. The number of pyridine rings is 1. The smallest absolute Gasteiger partial charge is 0.248 e. The fourth-order valence-corrected chi connectivity index (χ4v) is 2.72. The number of carbonyl (C=O) groups is 1. The molecule has 3 rings (SSSR count). The van der Waals surface area contributed by atoms with E-state index in [9.17, 15) is 4.79 Å². The molecule has 0 radical (unpaired) electrons. The van der Waals surface area contributed by atoms with E-state index in [-0.39, 0.29) is 0 Å².